The summed E-state index contributed by atoms with van der Waals surface area (Å²) in [5.74, 6) is 1.42. The first-order valence-corrected chi connectivity index (χ1v) is 13.2. The van der Waals surface area contributed by atoms with Crippen molar-refractivity contribution in [2.24, 2.45) is 5.10 Å². The van der Waals surface area contributed by atoms with E-state index in [2.05, 4.69) is 32.6 Å². The highest BCUT2D eigenvalue weighted by atomic mass is 32.2. The molecule has 1 amide bonds. The lowest BCUT2D eigenvalue weighted by molar-refractivity contribution is -0.118. The van der Waals surface area contributed by atoms with Crippen LogP contribution in [0.2, 0.25) is 0 Å². The number of rotatable bonds is 12. The first-order chi connectivity index (χ1) is 18.1. The van der Waals surface area contributed by atoms with Gasteiger partial charge in [0.2, 0.25) is 0 Å². The fourth-order valence-corrected chi connectivity index (χ4v) is 4.26. The van der Waals surface area contributed by atoms with Crippen LogP contribution in [0.5, 0.6) is 5.75 Å². The summed E-state index contributed by atoms with van der Waals surface area (Å²) < 4.78 is 7.67. The minimum Gasteiger partial charge on any atom is -0.494 e. The van der Waals surface area contributed by atoms with Gasteiger partial charge in [0.05, 0.1) is 18.6 Å². The van der Waals surface area contributed by atoms with E-state index in [0.717, 1.165) is 41.2 Å². The van der Waals surface area contributed by atoms with Gasteiger partial charge >= 0.3 is 0 Å². The lowest BCUT2D eigenvalue weighted by Gasteiger charge is -2.10. The van der Waals surface area contributed by atoms with Crippen LogP contribution in [0.25, 0.3) is 17.1 Å². The maximum atomic E-state index is 12.5. The summed E-state index contributed by atoms with van der Waals surface area (Å²) in [5, 5.41) is 13.4. The quantitative estimate of drug-likeness (QED) is 0.117. The molecule has 0 radical (unpaired) electrons. The molecule has 1 N–H and O–H groups in total. The Labute approximate surface area is 221 Å². The van der Waals surface area contributed by atoms with E-state index in [4.69, 9.17) is 4.74 Å². The van der Waals surface area contributed by atoms with Crippen LogP contribution in [0.4, 0.5) is 0 Å². The molecule has 0 aliphatic carbocycles. The van der Waals surface area contributed by atoms with Gasteiger partial charge in [-0.2, -0.15) is 5.10 Å². The van der Waals surface area contributed by atoms with Gasteiger partial charge in [-0.25, -0.2) is 5.43 Å². The largest absolute Gasteiger partial charge is 0.494 e. The van der Waals surface area contributed by atoms with Gasteiger partial charge in [-0.15, -0.1) is 10.2 Å². The third-order valence-corrected chi connectivity index (χ3v) is 6.42. The molecule has 4 aromatic rings. The Morgan fingerprint density at radius 3 is 2.51 bits per heavy atom. The lowest BCUT2D eigenvalue weighted by atomic mass is 10.2. The summed E-state index contributed by atoms with van der Waals surface area (Å²) >= 11 is 1.30. The van der Waals surface area contributed by atoms with Gasteiger partial charge in [0, 0.05) is 23.6 Å². The summed E-state index contributed by atoms with van der Waals surface area (Å²) in [5.41, 5.74) is 6.42. The van der Waals surface area contributed by atoms with Crippen LogP contribution in [-0.2, 0) is 4.79 Å². The van der Waals surface area contributed by atoms with Crippen molar-refractivity contribution in [3.05, 3.63) is 84.2 Å². The summed E-state index contributed by atoms with van der Waals surface area (Å²) in [6.45, 7) is 4.93. The Morgan fingerprint density at radius 2 is 1.78 bits per heavy atom. The first-order valence-electron chi connectivity index (χ1n) is 12.2. The lowest BCUT2D eigenvalue weighted by Crippen LogP contribution is -2.20. The Bertz CT molecular complexity index is 1310. The molecule has 0 aliphatic heterocycles. The van der Waals surface area contributed by atoms with Crippen molar-refractivity contribution in [2.75, 3.05) is 12.4 Å². The molecule has 0 bridgehead atoms. The van der Waals surface area contributed by atoms with Gasteiger partial charge in [-0.3, -0.25) is 14.3 Å². The number of benzene rings is 2. The van der Waals surface area contributed by atoms with Crippen LogP contribution in [0.15, 0.2) is 83.3 Å². The summed E-state index contributed by atoms with van der Waals surface area (Å²) in [4.78, 5) is 16.6. The molecule has 0 atom stereocenters. The van der Waals surface area contributed by atoms with Gasteiger partial charge < -0.3 is 4.74 Å². The molecule has 9 heteroatoms. The smallest absolute Gasteiger partial charge is 0.250 e. The van der Waals surface area contributed by atoms with Gasteiger partial charge in [-0.1, -0.05) is 49.2 Å². The number of amides is 1. The summed E-state index contributed by atoms with van der Waals surface area (Å²) in [6, 6.07) is 19.5. The monoisotopic (exact) mass is 514 g/mol. The number of thioether (sulfide) groups is 1. The van der Waals surface area contributed by atoms with Crippen LogP contribution in [-0.4, -0.2) is 44.2 Å². The number of unbranched alkanes of at least 4 members (excludes halogenated alkanes) is 2. The number of nitrogens with zero attached hydrogens (tertiary/aromatic N) is 5. The third kappa shape index (κ3) is 7.50. The van der Waals surface area contributed by atoms with Crippen LogP contribution < -0.4 is 10.2 Å². The number of aryl methyl sites for hydroxylation is 1. The predicted octanol–water partition coefficient (Wildman–Crippen LogP) is 5.45. The highest BCUT2D eigenvalue weighted by Gasteiger charge is 2.17. The second kappa shape index (κ2) is 13.4. The number of hydrogen-bond acceptors (Lipinski definition) is 7. The number of hydrogen-bond donors (Lipinski definition) is 1. The van der Waals surface area contributed by atoms with E-state index in [0.29, 0.717) is 11.0 Å². The average Bonchev–Trinajstić information content (AvgIpc) is 3.36. The zero-order valence-corrected chi connectivity index (χ0v) is 21.8. The molecule has 0 saturated heterocycles. The zero-order chi connectivity index (χ0) is 25.9. The van der Waals surface area contributed by atoms with Crippen molar-refractivity contribution in [1.82, 2.24) is 25.2 Å². The molecule has 0 unspecified atom stereocenters. The van der Waals surface area contributed by atoms with Crippen LogP contribution in [0.3, 0.4) is 0 Å². The molecule has 2 aromatic carbocycles. The Balaban J connectivity index is 1.36. The molecule has 8 nitrogen and oxygen atoms in total. The number of hydrazone groups is 1. The highest BCUT2D eigenvalue weighted by Crippen LogP contribution is 2.27. The van der Waals surface area contributed by atoms with E-state index < -0.39 is 0 Å². The van der Waals surface area contributed by atoms with Crippen molar-refractivity contribution in [3.63, 3.8) is 0 Å². The molecule has 0 fully saturated rings. The van der Waals surface area contributed by atoms with E-state index >= 15 is 0 Å². The van der Waals surface area contributed by atoms with E-state index in [-0.39, 0.29) is 11.7 Å². The van der Waals surface area contributed by atoms with Crippen molar-refractivity contribution in [1.29, 1.82) is 0 Å². The fourth-order valence-electron chi connectivity index (χ4n) is 3.51. The first kappa shape index (κ1) is 26.1. The third-order valence-electron chi connectivity index (χ3n) is 5.50. The van der Waals surface area contributed by atoms with Gasteiger partial charge in [-0.05, 0) is 67.4 Å². The number of pyridine rings is 1. The van der Waals surface area contributed by atoms with E-state index in [1.165, 1.54) is 24.6 Å². The standard InChI is InChI=1S/C28H30N6O2S/c1-3-4-5-18-36-25-12-8-22(9-13-25)19-30-31-26(35)20-37-28-33-32-27(23-14-16-29-17-15-23)34(28)24-10-6-21(2)7-11-24/h6-17,19H,3-5,18,20H2,1-2H3,(H,31,35)/b30-19-. The minimum absolute atomic E-state index is 0.141. The van der Waals surface area contributed by atoms with Gasteiger partial charge in [0.1, 0.15) is 5.75 Å². The maximum Gasteiger partial charge on any atom is 0.250 e. The molecular weight excluding hydrogens is 484 g/mol. The number of nitrogens with one attached hydrogen (secondary N) is 1. The summed E-state index contributed by atoms with van der Waals surface area (Å²) in [6.07, 6.45) is 8.43. The minimum atomic E-state index is -0.235. The van der Waals surface area contributed by atoms with E-state index in [9.17, 15) is 4.79 Å². The second-order valence-corrected chi connectivity index (χ2v) is 9.36. The number of ether oxygens (including phenoxy) is 1. The van der Waals surface area contributed by atoms with Gasteiger partial charge in [0.15, 0.2) is 11.0 Å². The average molecular weight is 515 g/mol. The number of carbonyl (C=O) groups is 1. The molecule has 4 rings (SSSR count). The van der Waals surface area contributed by atoms with E-state index in [1.807, 2.05) is 72.2 Å². The molecule has 2 heterocycles. The van der Waals surface area contributed by atoms with Crippen LogP contribution >= 0.6 is 11.8 Å². The molecule has 2 aromatic heterocycles. The Kier molecular flexibility index (Phi) is 9.42. The van der Waals surface area contributed by atoms with Crippen molar-refractivity contribution in [2.45, 2.75) is 38.3 Å². The number of aromatic nitrogens is 4. The van der Waals surface area contributed by atoms with Crippen LogP contribution in [0.1, 0.15) is 37.3 Å². The molecule has 190 valence electrons. The molecular formula is C28H30N6O2S. The van der Waals surface area contributed by atoms with Gasteiger partial charge in [0.25, 0.3) is 5.91 Å². The molecule has 0 aliphatic rings. The summed E-state index contributed by atoms with van der Waals surface area (Å²) in [7, 11) is 0. The normalized spacial score (nSPS) is 11.1. The molecule has 0 saturated carbocycles. The second-order valence-electron chi connectivity index (χ2n) is 8.42. The maximum absolute atomic E-state index is 12.5. The topological polar surface area (TPSA) is 94.3 Å². The van der Waals surface area contributed by atoms with Crippen LogP contribution in [0, 0.1) is 6.92 Å². The van der Waals surface area contributed by atoms with Crippen molar-refractivity contribution in [3.8, 4) is 22.8 Å². The highest BCUT2D eigenvalue weighted by molar-refractivity contribution is 7.99. The van der Waals surface area contributed by atoms with Crippen molar-refractivity contribution < 1.29 is 9.53 Å². The molecule has 37 heavy (non-hydrogen) atoms. The Morgan fingerprint density at radius 1 is 1.03 bits per heavy atom. The van der Waals surface area contributed by atoms with E-state index in [1.54, 1.807) is 18.6 Å². The van der Waals surface area contributed by atoms with Crippen molar-refractivity contribution >= 4 is 23.9 Å². The predicted molar refractivity (Wildman–Crippen MR) is 147 cm³/mol. The SMILES string of the molecule is CCCCCOc1ccc(/C=N\NC(=O)CSc2nnc(-c3ccncc3)n2-c2ccc(C)cc2)cc1. The fraction of sp³-hybridized carbons (Fsp3) is 0.250. The zero-order valence-electron chi connectivity index (χ0n) is 21.0. The Hall–Kier alpha value is -3.98. The molecule has 0 spiro atoms. The number of carbonyl (C=O) groups excluding carboxylic acids is 1.